The van der Waals surface area contributed by atoms with Gasteiger partial charge in [-0.2, -0.15) is 4.31 Å². The minimum atomic E-state index is -4.22. The lowest BCUT2D eigenvalue weighted by molar-refractivity contribution is -0.145. The Hall–Kier alpha value is -2.57. The molecule has 0 aliphatic carbocycles. The molecule has 3 atom stereocenters. The van der Waals surface area contributed by atoms with Crippen LogP contribution in [0.5, 0.6) is 0 Å². The summed E-state index contributed by atoms with van der Waals surface area (Å²) >= 11 is 0. The van der Waals surface area contributed by atoms with Crippen LogP contribution in [0, 0.1) is 11.8 Å². The van der Waals surface area contributed by atoms with Gasteiger partial charge in [0.1, 0.15) is 10.9 Å². The Kier molecular flexibility index (Phi) is 7.43. The lowest BCUT2D eigenvalue weighted by atomic mass is 9.91. The molecule has 3 fully saturated rings. The van der Waals surface area contributed by atoms with E-state index in [9.17, 15) is 27.6 Å². The summed E-state index contributed by atoms with van der Waals surface area (Å²) in [4.78, 5) is 56.7. The number of likely N-dealkylation sites (tertiary alicyclic amines) is 1. The first-order chi connectivity index (χ1) is 16.6. The maximum atomic E-state index is 13.6. The molecule has 1 aromatic heterocycles. The van der Waals surface area contributed by atoms with Gasteiger partial charge in [-0.3, -0.25) is 19.2 Å². The molecule has 0 bridgehead atoms. The van der Waals surface area contributed by atoms with Gasteiger partial charge in [-0.05, 0) is 30.9 Å². The molecule has 0 saturated carbocycles. The third-order valence-corrected chi connectivity index (χ3v) is 8.81. The fraction of sp³-hybridized carbons (Fsp3) is 0.652. The summed E-state index contributed by atoms with van der Waals surface area (Å²) in [5, 5.41) is 0. The van der Waals surface area contributed by atoms with Crippen LogP contribution >= 0.6 is 0 Å². The molecule has 0 aromatic carbocycles. The maximum absolute atomic E-state index is 13.6. The molecule has 3 unspecified atom stereocenters. The van der Waals surface area contributed by atoms with Gasteiger partial charge in [0.15, 0.2) is 5.78 Å². The predicted molar refractivity (Wildman–Crippen MR) is 125 cm³/mol. The number of nitrogens with zero attached hydrogens (tertiary/aromatic N) is 3. The number of aromatic nitrogens is 1. The van der Waals surface area contributed by atoms with Gasteiger partial charge in [0.2, 0.25) is 21.8 Å². The largest absolute Gasteiger partial charge is 0.378 e. The molecule has 1 aromatic rings. The number of carbonyl (C=O) groups excluding carboxylic acids is 3. The van der Waals surface area contributed by atoms with Gasteiger partial charge < -0.3 is 19.5 Å². The average Bonchev–Trinajstić information content (AvgIpc) is 3.40. The first-order valence-corrected chi connectivity index (χ1v) is 13.4. The van der Waals surface area contributed by atoms with Gasteiger partial charge in [-0.25, -0.2) is 8.42 Å². The lowest BCUT2D eigenvalue weighted by Crippen LogP contribution is -2.47. The summed E-state index contributed by atoms with van der Waals surface area (Å²) in [6, 6.07) is 0.981. The van der Waals surface area contributed by atoms with Gasteiger partial charge in [-0.15, -0.1) is 0 Å². The van der Waals surface area contributed by atoms with Crippen LogP contribution in [0.1, 0.15) is 33.1 Å². The van der Waals surface area contributed by atoms with Crippen molar-refractivity contribution >= 4 is 27.6 Å². The second-order valence-electron chi connectivity index (χ2n) is 9.74. The zero-order valence-corrected chi connectivity index (χ0v) is 20.8. The van der Waals surface area contributed by atoms with E-state index in [1.807, 2.05) is 13.8 Å². The summed E-state index contributed by atoms with van der Waals surface area (Å²) in [7, 11) is -4.22. The zero-order chi connectivity index (χ0) is 25.3. The minimum Gasteiger partial charge on any atom is -0.378 e. The van der Waals surface area contributed by atoms with Crippen LogP contribution in [0.3, 0.4) is 0 Å². The van der Waals surface area contributed by atoms with Crippen LogP contribution in [-0.4, -0.2) is 96.6 Å². The van der Waals surface area contributed by atoms with Crippen LogP contribution in [-0.2, 0) is 29.1 Å². The van der Waals surface area contributed by atoms with E-state index in [0.29, 0.717) is 32.7 Å². The Morgan fingerprint density at radius 1 is 1.17 bits per heavy atom. The third-order valence-electron chi connectivity index (χ3n) is 6.92. The van der Waals surface area contributed by atoms with Crippen molar-refractivity contribution in [1.82, 2.24) is 19.1 Å². The Morgan fingerprint density at radius 2 is 1.89 bits per heavy atom. The van der Waals surface area contributed by atoms with Gasteiger partial charge in [0.25, 0.3) is 5.56 Å². The molecule has 12 heteroatoms. The summed E-state index contributed by atoms with van der Waals surface area (Å²) in [5.74, 6) is -1.23. The fourth-order valence-corrected chi connectivity index (χ4v) is 6.97. The standard InChI is InChI=1S/C23H32N4O7S/c1-15(2)12-16(13-20(29)25-8-10-34-11-9-25)23(31)26-7-5-17-21(26)18(28)14-27(17)35(32,33)19-4-3-6-24-22(19)30/h3-4,6,15-17,21H,5,7-14H2,1-2H3,(H,24,30). The number of carbonyl (C=O) groups is 3. The molecule has 4 heterocycles. The molecule has 11 nitrogen and oxygen atoms in total. The number of hydrogen-bond donors (Lipinski definition) is 1. The molecule has 4 rings (SSSR count). The van der Waals surface area contributed by atoms with Crippen molar-refractivity contribution in [3.63, 3.8) is 0 Å². The number of fused-ring (bicyclic) bond motifs is 1. The van der Waals surface area contributed by atoms with Crippen molar-refractivity contribution in [2.45, 2.75) is 50.1 Å². The van der Waals surface area contributed by atoms with Gasteiger partial charge in [0, 0.05) is 38.2 Å². The van der Waals surface area contributed by atoms with Crippen LogP contribution in [0.15, 0.2) is 28.0 Å². The van der Waals surface area contributed by atoms with E-state index in [4.69, 9.17) is 4.74 Å². The number of aromatic amines is 1. The van der Waals surface area contributed by atoms with Gasteiger partial charge in [-0.1, -0.05) is 13.8 Å². The van der Waals surface area contributed by atoms with Crippen LogP contribution in [0.4, 0.5) is 0 Å². The number of hydrogen-bond acceptors (Lipinski definition) is 7. The highest BCUT2D eigenvalue weighted by Crippen LogP contribution is 2.35. The Balaban J connectivity index is 1.53. The molecular weight excluding hydrogens is 476 g/mol. The third kappa shape index (κ3) is 5.05. The minimum absolute atomic E-state index is 0.0422. The first-order valence-electron chi connectivity index (χ1n) is 12.0. The molecule has 1 N–H and O–H groups in total. The molecule has 35 heavy (non-hydrogen) atoms. The van der Waals surface area contributed by atoms with Crippen molar-refractivity contribution in [3.8, 4) is 0 Å². The van der Waals surface area contributed by atoms with E-state index in [1.165, 1.54) is 23.2 Å². The fourth-order valence-electron chi connectivity index (χ4n) is 5.30. The van der Waals surface area contributed by atoms with Gasteiger partial charge >= 0.3 is 0 Å². The number of ether oxygens (including phenoxy) is 1. The topological polar surface area (TPSA) is 137 Å². The molecule has 3 saturated heterocycles. The highest BCUT2D eigenvalue weighted by molar-refractivity contribution is 7.89. The van der Waals surface area contributed by atoms with E-state index >= 15 is 0 Å². The number of pyridine rings is 1. The van der Waals surface area contributed by atoms with E-state index in [-0.39, 0.29) is 42.9 Å². The van der Waals surface area contributed by atoms with E-state index in [0.717, 1.165) is 4.31 Å². The number of amides is 2. The molecule has 3 aliphatic heterocycles. The average molecular weight is 509 g/mol. The van der Waals surface area contributed by atoms with Crippen LogP contribution < -0.4 is 5.56 Å². The molecule has 0 spiro atoms. The number of morpholine rings is 1. The number of ketones is 1. The van der Waals surface area contributed by atoms with Crippen molar-refractivity contribution in [3.05, 3.63) is 28.7 Å². The number of rotatable bonds is 7. The highest BCUT2D eigenvalue weighted by Gasteiger charge is 2.54. The normalized spacial score (nSPS) is 24.1. The second-order valence-corrected chi connectivity index (χ2v) is 11.6. The monoisotopic (exact) mass is 508 g/mol. The summed E-state index contributed by atoms with van der Waals surface area (Å²) in [6.45, 7) is 5.67. The molecular formula is C23H32N4O7S. The summed E-state index contributed by atoms with van der Waals surface area (Å²) in [6.07, 6.45) is 2.15. The first kappa shape index (κ1) is 25.5. The Morgan fingerprint density at radius 3 is 2.54 bits per heavy atom. The lowest BCUT2D eigenvalue weighted by Gasteiger charge is -2.31. The van der Waals surface area contributed by atoms with Crippen LogP contribution in [0.25, 0.3) is 0 Å². The Labute approximate surface area is 204 Å². The smallest absolute Gasteiger partial charge is 0.268 e. The number of H-pyrrole nitrogens is 1. The Bertz CT molecular complexity index is 1140. The van der Waals surface area contributed by atoms with Crippen molar-refractivity contribution in [2.24, 2.45) is 11.8 Å². The van der Waals surface area contributed by atoms with E-state index < -0.39 is 45.0 Å². The maximum Gasteiger partial charge on any atom is 0.268 e. The van der Waals surface area contributed by atoms with Crippen molar-refractivity contribution in [2.75, 3.05) is 39.4 Å². The van der Waals surface area contributed by atoms with Crippen LogP contribution in [0.2, 0.25) is 0 Å². The SMILES string of the molecule is CC(C)CC(CC(=O)N1CCOCC1)C(=O)N1CCC2C1C(=O)CN2S(=O)(=O)c1ccc[nH]c1=O. The zero-order valence-electron chi connectivity index (χ0n) is 20.0. The van der Waals surface area contributed by atoms with Gasteiger partial charge in [0.05, 0.1) is 25.8 Å². The highest BCUT2D eigenvalue weighted by atomic mass is 32.2. The summed E-state index contributed by atoms with van der Waals surface area (Å²) in [5.41, 5.74) is -0.757. The second kappa shape index (κ2) is 10.2. The van der Waals surface area contributed by atoms with E-state index in [1.54, 1.807) is 4.90 Å². The number of sulfonamides is 1. The molecule has 192 valence electrons. The molecule has 3 aliphatic rings. The number of Topliss-reactive ketones (excluding diaryl/α,β-unsaturated/α-hetero) is 1. The predicted octanol–water partition coefficient (Wildman–Crippen LogP) is -0.171. The number of nitrogens with one attached hydrogen (secondary N) is 1. The quantitative estimate of drug-likeness (QED) is 0.540. The van der Waals surface area contributed by atoms with Crippen molar-refractivity contribution in [1.29, 1.82) is 0 Å². The molecule has 0 radical (unpaired) electrons. The van der Waals surface area contributed by atoms with E-state index in [2.05, 4.69) is 4.98 Å². The molecule has 2 amide bonds. The van der Waals surface area contributed by atoms with Crippen molar-refractivity contribution < 1.29 is 27.5 Å². The summed E-state index contributed by atoms with van der Waals surface area (Å²) < 4.78 is 32.8.